The molecule has 16 heteroatoms. The summed E-state index contributed by atoms with van der Waals surface area (Å²) in [5, 5.41) is 18.0. The monoisotopic (exact) mass is 550 g/mol. The highest BCUT2D eigenvalue weighted by molar-refractivity contribution is 7.91. The van der Waals surface area contributed by atoms with Crippen LogP contribution in [0.5, 0.6) is 11.8 Å². The maximum atomic E-state index is 13.7. The van der Waals surface area contributed by atoms with E-state index in [0.717, 1.165) is 18.8 Å². The number of ether oxygens (including phenoxy) is 3. The van der Waals surface area contributed by atoms with Gasteiger partial charge in [0.05, 0.1) is 38.0 Å². The molecule has 0 amide bonds. The van der Waals surface area contributed by atoms with Gasteiger partial charge in [-0.1, -0.05) is 0 Å². The third-order valence-electron chi connectivity index (χ3n) is 6.46. The first-order valence-corrected chi connectivity index (χ1v) is 13.6. The van der Waals surface area contributed by atoms with Gasteiger partial charge in [0.2, 0.25) is 17.7 Å². The van der Waals surface area contributed by atoms with Crippen LogP contribution in [0, 0.1) is 5.82 Å². The zero-order valence-electron chi connectivity index (χ0n) is 20.8. The van der Waals surface area contributed by atoms with E-state index in [-0.39, 0.29) is 48.7 Å². The summed E-state index contributed by atoms with van der Waals surface area (Å²) < 4.78 is 58.9. The number of sulfone groups is 1. The molecular formula is C22H27FN8O6S. The van der Waals surface area contributed by atoms with Crippen LogP contribution in [0.4, 0.5) is 10.3 Å². The van der Waals surface area contributed by atoms with Gasteiger partial charge in [-0.2, -0.15) is 9.97 Å². The van der Waals surface area contributed by atoms with Crippen molar-refractivity contribution in [3.8, 4) is 17.4 Å². The second-order valence-electron chi connectivity index (χ2n) is 8.98. The van der Waals surface area contributed by atoms with Crippen molar-refractivity contribution in [2.24, 2.45) is 0 Å². The molecule has 0 bridgehead atoms. The van der Waals surface area contributed by atoms with Gasteiger partial charge in [0.1, 0.15) is 18.2 Å². The number of methoxy groups -OCH3 is 2. The van der Waals surface area contributed by atoms with E-state index >= 15 is 0 Å². The number of piperidine rings is 1. The molecule has 0 aliphatic carbocycles. The summed E-state index contributed by atoms with van der Waals surface area (Å²) in [6.45, 7) is 0.664. The standard InChI is InChI=1S/C22H27FN8O6S/c1-35-20-18(21(36-2)27-12-26-20)31-17(28-29-19(31)16-4-3-5-37-16)11-38(33,34)15-6-14(32)9-30(10-15)22-24-7-13(23)8-25-22/h7-8,12,14-16,32H,3-6,9-11H2,1-2H3/t14-,15+,16+/m1/s1. The molecule has 3 atom stereocenters. The van der Waals surface area contributed by atoms with E-state index in [2.05, 4.69) is 30.1 Å². The molecule has 2 saturated heterocycles. The first kappa shape index (κ1) is 26.1. The lowest BCUT2D eigenvalue weighted by molar-refractivity contribution is 0.103. The first-order chi connectivity index (χ1) is 18.3. The molecule has 3 aromatic heterocycles. The van der Waals surface area contributed by atoms with E-state index in [4.69, 9.17) is 14.2 Å². The molecule has 0 aromatic carbocycles. The van der Waals surface area contributed by atoms with Crippen molar-refractivity contribution in [3.05, 3.63) is 36.2 Å². The van der Waals surface area contributed by atoms with E-state index in [1.54, 1.807) is 0 Å². The average molecular weight is 551 g/mol. The van der Waals surface area contributed by atoms with Crippen molar-refractivity contribution in [3.63, 3.8) is 0 Å². The van der Waals surface area contributed by atoms with Crippen molar-refractivity contribution >= 4 is 15.8 Å². The van der Waals surface area contributed by atoms with E-state index in [9.17, 15) is 17.9 Å². The Morgan fingerprint density at radius 3 is 2.45 bits per heavy atom. The lowest BCUT2D eigenvalue weighted by Gasteiger charge is -2.35. The largest absolute Gasteiger partial charge is 0.479 e. The fourth-order valence-corrected chi connectivity index (χ4v) is 6.42. The minimum absolute atomic E-state index is 0.00779. The van der Waals surface area contributed by atoms with Crippen LogP contribution in [0.25, 0.3) is 5.69 Å². The van der Waals surface area contributed by atoms with Gasteiger partial charge in [-0.05, 0) is 19.3 Å². The Balaban J connectivity index is 1.51. The van der Waals surface area contributed by atoms with Gasteiger partial charge < -0.3 is 24.2 Å². The van der Waals surface area contributed by atoms with Gasteiger partial charge in [-0.25, -0.2) is 22.8 Å². The van der Waals surface area contributed by atoms with Crippen LogP contribution in [-0.4, -0.2) is 93.5 Å². The molecule has 2 fully saturated rings. The number of halogens is 1. The summed E-state index contributed by atoms with van der Waals surface area (Å²) in [7, 11) is -1.07. The number of hydrogen-bond donors (Lipinski definition) is 1. The predicted molar refractivity (Wildman–Crippen MR) is 129 cm³/mol. The third kappa shape index (κ3) is 5.10. The van der Waals surface area contributed by atoms with Crippen molar-refractivity contribution in [2.45, 2.75) is 42.5 Å². The summed E-state index contributed by atoms with van der Waals surface area (Å²) in [4.78, 5) is 17.7. The van der Waals surface area contributed by atoms with E-state index < -0.39 is 38.9 Å². The van der Waals surface area contributed by atoms with E-state index in [0.29, 0.717) is 18.9 Å². The number of β-amino-alcohol motifs (C(OH)–C–C–N with tert-alkyl or cyclic N) is 1. The molecule has 0 spiro atoms. The zero-order chi connectivity index (χ0) is 26.9. The minimum atomic E-state index is -3.92. The van der Waals surface area contributed by atoms with Crippen molar-refractivity contribution < 1.29 is 32.1 Å². The zero-order valence-corrected chi connectivity index (χ0v) is 21.6. The van der Waals surface area contributed by atoms with Crippen molar-refractivity contribution in [1.82, 2.24) is 34.7 Å². The Morgan fingerprint density at radius 2 is 1.82 bits per heavy atom. The van der Waals surface area contributed by atoms with Gasteiger partial charge in [-0.3, -0.25) is 4.57 Å². The van der Waals surface area contributed by atoms with Crippen LogP contribution in [0.1, 0.15) is 37.0 Å². The Kier molecular flexibility index (Phi) is 7.36. The van der Waals surface area contributed by atoms with Gasteiger partial charge in [-0.15, -0.1) is 10.2 Å². The van der Waals surface area contributed by atoms with E-state index in [1.807, 2.05) is 0 Å². The van der Waals surface area contributed by atoms with Gasteiger partial charge >= 0.3 is 0 Å². The Hall–Kier alpha value is -3.50. The molecule has 204 valence electrons. The highest BCUT2D eigenvalue weighted by Crippen LogP contribution is 2.36. The summed E-state index contributed by atoms with van der Waals surface area (Å²) in [6.07, 6.45) is 3.36. The number of nitrogens with zero attached hydrogens (tertiary/aromatic N) is 8. The highest BCUT2D eigenvalue weighted by Gasteiger charge is 2.38. The number of aliphatic hydroxyl groups is 1. The van der Waals surface area contributed by atoms with Crippen LogP contribution >= 0.6 is 0 Å². The van der Waals surface area contributed by atoms with Crippen LogP contribution < -0.4 is 14.4 Å². The molecule has 0 radical (unpaired) electrons. The number of aromatic nitrogens is 7. The molecule has 0 saturated carbocycles. The van der Waals surface area contributed by atoms with Gasteiger partial charge in [0.25, 0.3) is 0 Å². The van der Waals surface area contributed by atoms with Crippen molar-refractivity contribution in [2.75, 3.05) is 38.8 Å². The Labute approximate surface area is 217 Å². The average Bonchev–Trinajstić information content (AvgIpc) is 3.58. The highest BCUT2D eigenvalue weighted by atomic mass is 32.2. The smallest absolute Gasteiger partial charge is 0.245 e. The molecule has 14 nitrogen and oxygen atoms in total. The summed E-state index contributed by atoms with van der Waals surface area (Å²) in [5.74, 6) is -0.249. The quantitative estimate of drug-likeness (QED) is 0.410. The molecule has 2 aliphatic heterocycles. The molecule has 3 aromatic rings. The molecule has 38 heavy (non-hydrogen) atoms. The Bertz CT molecular complexity index is 1360. The second-order valence-corrected chi connectivity index (χ2v) is 11.3. The number of hydrogen-bond acceptors (Lipinski definition) is 13. The molecule has 5 rings (SSSR count). The van der Waals surface area contributed by atoms with Crippen molar-refractivity contribution in [1.29, 1.82) is 0 Å². The van der Waals surface area contributed by atoms with Crippen LogP contribution in [0.15, 0.2) is 18.7 Å². The van der Waals surface area contributed by atoms with Gasteiger partial charge in [0, 0.05) is 19.7 Å². The van der Waals surface area contributed by atoms with Crippen LogP contribution in [0.3, 0.4) is 0 Å². The SMILES string of the molecule is COc1ncnc(OC)c1-n1c(CS(=O)(=O)[C@H]2C[C@@H](O)CN(c3ncc(F)cn3)C2)nnc1[C@@H]1CCCO1. The number of anilines is 1. The Morgan fingerprint density at radius 1 is 1.11 bits per heavy atom. The fourth-order valence-electron chi connectivity index (χ4n) is 4.71. The topological polar surface area (TPSA) is 168 Å². The van der Waals surface area contributed by atoms with E-state index in [1.165, 1.54) is 30.0 Å². The minimum Gasteiger partial charge on any atom is -0.479 e. The molecule has 5 heterocycles. The van der Waals surface area contributed by atoms with Crippen LogP contribution in [-0.2, 0) is 20.3 Å². The normalized spacial score (nSPS) is 22.0. The number of aliphatic hydroxyl groups excluding tert-OH is 1. The maximum Gasteiger partial charge on any atom is 0.245 e. The summed E-state index contributed by atoms with van der Waals surface area (Å²) in [5.41, 5.74) is 0.253. The predicted octanol–water partition coefficient (Wildman–Crippen LogP) is 0.410. The molecule has 2 aliphatic rings. The fraction of sp³-hybridized carbons (Fsp3) is 0.545. The first-order valence-electron chi connectivity index (χ1n) is 11.9. The molecule has 0 unspecified atom stereocenters. The third-order valence-corrected chi connectivity index (χ3v) is 8.47. The number of rotatable bonds is 8. The molecule has 1 N–H and O–H groups in total. The summed E-state index contributed by atoms with van der Waals surface area (Å²) >= 11 is 0. The lowest BCUT2D eigenvalue weighted by Crippen LogP contribution is -2.49. The summed E-state index contributed by atoms with van der Waals surface area (Å²) in [6, 6.07) is 0. The van der Waals surface area contributed by atoms with Crippen LogP contribution in [0.2, 0.25) is 0 Å². The maximum absolute atomic E-state index is 13.7. The molecular weight excluding hydrogens is 523 g/mol. The second kappa shape index (κ2) is 10.7. The lowest BCUT2D eigenvalue weighted by atomic mass is 10.1. The van der Waals surface area contributed by atoms with Gasteiger partial charge in [0.15, 0.2) is 33.0 Å².